The van der Waals surface area contributed by atoms with Crippen molar-refractivity contribution in [3.05, 3.63) is 62.4 Å². The molecule has 0 saturated carbocycles. The zero-order valence-electron chi connectivity index (χ0n) is 18.3. The number of phosphoric acid groups is 1. The standard InChI is InChI=1S/C17H21B3FN2O9P/c1-8-6-23(14(27)22-13(8)26)16(18)12(25)11(24)15(21,31-16)17(19,20)32-33(28)29-7-9-4-2-3-5-10(9)30-33/h2-6,11-12,24-25H,7,18-20H2,1H3,(H,22,26,27)/t11-,12+,15-,16-,33?/m0/s1. The van der Waals surface area contributed by atoms with E-state index in [4.69, 9.17) is 18.3 Å². The van der Waals surface area contributed by atoms with Crippen LogP contribution in [-0.4, -0.2) is 66.8 Å². The second-order valence-electron chi connectivity index (χ2n) is 8.65. The van der Waals surface area contributed by atoms with Gasteiger partial charge in [0.25, 0.3) is 11.4 Å². The third kappa shape index (κ3) is 3.73. The first-order valence-corrected chi connectivity index (χ1v) is 11.5. The van der Waals surface area contributed by atoms with Gasteiger partial charge in [-0.2, -0.15) is 0 Å². The Morgan fingerprint density at radius 2 is 1.97 bits per heavy atom. The van der Waals surface area contributed by atoms with E-state index in [-0.39, 0.29) is 17.9 Å². The number of H-pyrrole nitrogens is 1. The fourth-order valence-electron chi connectivity index (χ4n) is 3.88. The van der Waals surface area contributed by atoms with Crippen LogP contribution in [0.4, 0.5) is 4.39 Å². The third-order valence-corrected chi connectivity index (χ3v) is 7.45. The minimum Gasteiger partial charge on any atom is -0.404 e. The predicted molar refractivity (Wildman–Crippen MR) is 120 cm³/mol. The number of phosphoric ester groups is 1. The number of benzene rings is 1. The van der Waals surface area contributed by atoms with Gasteiger partial charge in [0.15, 0.2) is 7.85 Å². The first-order valence-electron chi connectivity index (χ1n) is 10.0. The molecule has 5 atom stereocenters. The van der Waals surface area contributed by atoms with E-state index >= 15 is 4.39 Å². The molecule has 3 heterocycles. The van der Waals surface area contributed by atoms with Gasteiger partial charge in [-0.3, -0.25) is 23.4 Å². The summed E-state index contributed by atoms with van der Waals surface area (Å²) in [6, 6.07) is 6.61. The third-order valence-electron chi connectivity index (χ3n) is 5.90. The van der Waals surface area contributed by atoms with Crippen molar-refractivity contribution in [2.45, 2.75) is 42.6 Å². The van der Waals surface area contributed by atoms with Crippen LogP contribution in [0.15, 0.2) is 40.1 Å². The molecule has 1 fully saturated rings. The molecule has 2 aliphatic heterocycles. The summed E-state index contributed by atoms with van der Waals surface area (Å²) < 4.78 is 51.6. The molecule has 1 aromatic carbocycles. The smallest absolute Gasteiger partial charge is 0.404 e. The number of ether oxygens (including phenoxy) is 1. The minimum atomic E-state index is -4.38. The quantitative estimate of drug-likeness (QED) is 0.311. The molecular formula is C17H21B3FN2O9P. The summed E-state index contributed by atoms with van der Waals surface area (Å²) in [7, 11) is -0.964. The normalized spacial score (nSPS) is 33.9. The number of nitrogens with one attached hydrogen (secondary N) is 1. The summed E-state index contributed by atoms with van der Waals surface area (Å²) in [5.74, 6) is -2.96. The highest BCUT2D eigenvalue weighted by molar-refractivity contribution is 7.49. The lowest BCUT2D eigenvalue weighted by atomic mass is 9.59. The van der Waals surface area contributed by atoms with Gasteiger partial charge in [0, 0.05) is 17.3 Å². The Balaban J connectivity index is 1.68. The molecule has 0 bridgehead atoms. The van der Waals surface area contributed by atoms with Gasteiger partial charge >= 0.3 is 13.5 Å². The molecule has 33 heavy (non-hydrogen) atoms. The maximum atomic E-state index is 16.3. The summed E-state index contributed by atoms with van der Waals surface area (Å²) in [6.45, 7) is 1.27. The Morgan fingerprint density at radius 1 is 1.30 bits per heavy atom. The van der Waals surface area contributed by atoms with Crippen molar-refractivity contribution in [2.75, 3.05) is 0 Å². The molecule has 2 aromatic rings. The van der Waals surface area contributed by atoms with E-state index in [2.05, 4.69) is 0 Å². The van der Waals surface area contributed by atoms with Crippen LogP contribution in [0.25, 0.3) is 0 Å². The van der Waals surface area contributed by atoms with Gasteiger partial charge in [-0.05, 0) is 13.0 Å². The van der Waals surface area contributed by atoms with E-state index in [0.717, 1.165) is 34.3 Å². The molecule has 11 nitrogen and oxygen atoms in total. The molecule has 4 rings (SSSR count). The van der Waals surface area contributed by atoms with Crippen molar-refractivity contribution in [2.24, 2.45) is 0 Å². The Labute approximate surface area is 189 Å². The highest BCUT2D eigenvalue weighted by Crippen LogP contribution is 2.59. The molecule has 0 amide bonds. The van der Waals surface area contributed by atoms with Crippen LogP contribution in [-0.2, 0) is 30.6 Å². The fourth-order valence-corrected chi connectivity index (χ4v) is 5.42. The van der Waals surface area contributed by atoms with Crippen molar-refractivity contribution in [1.82, 2.24) is 9.55 Å². The lowest BCUT2D eigenvalue weighted by Crippen LogP contribution is -2.60. The van der Waals surface area contributed by atoms with E-state index in [1.165, 1.54) is 6.92 Å². The maximum absolute atomic E-state index is 16.3. The molecule has 2 aliphatic rings. The molecule has 1 saturated heterocycles. The zero-order chi connectivity index (χ0) is 24.4. The fraction of sp³-hybridized carbons (Fsp3) is 0.412. The second-order valence-corrected chi connectivity index (χ2v) is 10.2. The van der Waals surface area contributed by atoms with Crippen LogP contribution in [0.5, 0.6) is 5.75 Å². The number of aryl methyl sites for hydroxylation is 1. The minimum absolute atomic E-state index is 0.0834. The summed E-state index contributed by atoms with van der Waals surface area (Å²) in [5, 5.41) is 19.1. The number of fused-ring (bicyclic) bond motifs is 1. The largest absolute Gasteiger partial charge is 0.529 e. The van der Waals surface area contributed by atoms with Crippen molar-refractivity contribution in [3.8, 4) is 5.75 Å². The average molecular weight is 480 g/mol. The van der Waals surface area contributed by atoms with E-state index in [9.17, 15) is 24.4 Å². The maximum Gasteiger partial charge on any atom is 0.529 e. The Bertz CT molecular complexity index is 1270. The number of aliphatic hydroxyl groups excluding tert-OH is 2. The number of para-hydroxylation sites is 1. The molecule has 16 heteroatoms. The highest BCUT2D eigenvalue weighted by atomic mass is 31.2. The highest BCUT2D eigenvalue weighted by Gasteiger charge is 2.69. The van der Waals surface area contributed by atoms with E-state index in [1.807, 2.05) is 4.98 Å². The van der Waals surface area contributed by atoms with Gasteiger partial charge in [0.1, 0.15) is 39.3 Å². The lowest BCUT2D eigenvalue weighted by molar-refractivity contribution is -0.240. The molecule has 3 N–H and O–H groups in total. The monoisotopic (exact) mass is 480 g/mol. The Morgan fingerprint density at radius 3 is 2.67 bits per heavy atom. The summed E-state index contributed by atoms with van der Waals surface area (Å²) in [6.07, 6.45) is -3.16. The van der Waals surface area contributed by atoms with Crippen molar-refractivity contribution < 1.29 is 37.5 Å². The van der Waals surface area contributed by atoms with Crippen molar-refractivity contribution >= 4 is 31.4 Å². The number of rotatable bonds is 4. The Kier molecular flexibility index (Phi) is 5.59. The number of alkyl halides is 1. The molecule has 0 radical (unpaired) electrons. The number of aromatic nitrogens is 2. The average Bonchev–Trinajstić information content (AvgIpc) is 2.91. The molecule has 1 unspecified atom stereocenters. The van der Waals surface area contributed by atoms with Gasteiger partial charge in [-0.1, -0.05) is 18.2 Å². The SMILES string of the molecule is BC(B)(OP1(=O)OCc2ccccc2O1)[C@@]1(F)O[C@@](B)(n2cc(C)c(=O)[nH]c2=O)[C@H](O)[C@@H]1O. The topological polar surface area (TPSA) is 149 Å². The summed E-state index contributed by atoms with van der Waals surface area (Å²) in [4.78, 5) is 26.1. The second kappa shape index (κ2) is 7.69. The first kappa shape index (κ1) is 24.0. The zero-order valence-corrected chi connectivity index (χ0v) is 19.2. The predicted octanol–water partition coefficient (Wildman–Crippen LogP) is -2.84. The van der Waals surface area contributed by atoms with Gasteiger partial charge in [-0.15, -0.1) is 0 Å². The number of aromatic amines is 1. The van der Waals surface area contributed by atoms with Crippen LogP contribution in [0, 0.1) is 6.92 Å². The van der Waals surface area contributed by atoms with E-state index < -0.39 is 48.2 Å². The van der Waals surface area contributed by atoms with Gasteiger partial charge < -0.3 is 19.5 Å². The van der Waals surface area contributed by atoms with Gasteiger partial charge in [0.05, 0.1) is 12.0 Å². The van der Waals surface area contributed by atoms with Gasteiger partial charge in [-0.25, -0.2) is 13.8 Å². The molecule has 1 aromatic heterocycles. The number of nitrogens with zero attached hydrogens (tertiary/aromatic N) is 1. The first-order chi connectivity index (χ1) is 15.2. The van der Waals surface area contributed by atoms with Crippen LogP contribution < -0.4 is 15.8 Å². The summed E-state index contributed by atoms with van der Waals surface area (Å²) in [5.41, 5.74) is -3.14. The molecule has 0 spiro atoms. The number of hydrogen-bond donors (Lipinski definition) is 3. The van der Waals surface area contributed by atoms with Gasteiger partial charge in [0.2, 0.25) is 0 Å². The molecule has 0 aliphatic carbocycles. The number of hydrogen-bond acceptors (Lipinski definition) is 9. The number of halogens is 1. The van der Waals surface area contributed by atoms with Crippen LogP contribution in [0.1, 0.15) is 11.1 Å². The number of aliphatic hydroxyl groups is 2. The summed E-state index contributed by atoms with van der Waals surface area (Å²) >= 11 is 0. The van der Waals surface area contributed by atoms with Crippen molar-refractivity contribution in [1.29, 1.82) is 0 Å². The van der Waals surface area contributed by atoms with Crippen LogP contribution >= 0.6 is 7.82 Å². The molecular weight excluding hydrogens is 459 g/mol. The lowest BCUT2D eigenvalue weighted by Gasteiger charge is -2.41. The molecule has 174 valence electrons. The van der Waals surface area contributed by atoms with Crippen LogP contribution in [0.3, 0.4) is 0 Å². The van der Waals surface area contributed by atoms with Crippen molar-refractivity contribution in [3.63, 3.8) is 0 Å². The van der Waals surface area contributed by atoms with Crippen LogP contribution in [0.2, 0.25) is 0 Å². The van der Waals surface area contributed by atoms with E-state index in [1.54, 1.807) is 24.3 Å². The Hall–Kier alpha value is -2.15. The van der Waals surface area contributed by atoms with E-state index in [0.29, 0.717) is 5.56 Å².